The number of hydrogen-bond donors (Lipinski definition) is 0. The van der Waals surface area contributed by atoms with Crippen molar-refractivity contribution < 1.29 is 0 Å². The molecule has 0 fully saturated rings. The summed E-state index contributed by atoms with van der Waals surface area (Å²) in [6.45, 7) is 14.2. The maximum atomic E-state index is 2.52. The SMILES string of the molecule is CC1(C)c2ccccc2-c2cc(N(c3cccc(-c4cccc5c4C(C)(C)c4ccccc4-5)c3)c3ccccc3-c3cccc4c3-c3ccccc3C4(C)C)ccc21. The second-order valence-electron chi connectivity index (χ2n) is 18.1. The minimum Gasteiger partial charge on any atom is -0.310 e. The first-order chi connectivity index (χ1) is 28.1. The standard InChI is InChI=1S/C57H47N/c1-55(2)47-27-11-8-21-41(47)46-35-38(32-33-50(46)55)58(37-19-15-18-36(34-37)39-24-16-26-44-40-20-7-12-28-48(40)57(5,6)54(39)44)52-31-14-10-22-42(52)43-25-17-30-51-53(43)45-23-9-13-29-49(45)56(51,3)4/h7-35H,1-6H3. The lowest BCUT2D eigenvalue weighted by Crippen LogP contribution is -2.16. The van der Waals surface area contributed by atoms with E-state index in [9.17, 15) is 0 Å². The molecular formula is C57H47N. The van der Waals surface area contributed by atoms with Gasteiger partial charge in [-0.05, 0) is 114 Å². The molecule has 1 nitrogen and oxygen atoms in total. The van der Waals surface area contributed by atoms with E-state index in [4.69, 9.17) is 0 Å². The Morgan fingerprint density at radius 2 is 0.793 bits per heavy atom. The average Bonchev–Trinajstić information content (AvgIpc) is 3.74. The predicted molar refractivity (Wildman–Crippen MR) is 245 cm³/mol. The first-order valence-electron chi connectivity index (χ1n) is 20.8. The van der Waals surface area contributed by atoms with Crippen molar-refractivity contribution in [2.24, 2.45) is 0 Å². The van der Waals surface area contributed by atoms with Gasteiger partial charge in [-0.3, -0.25) is 0 Å². The van der Waals surface area contributed by atoms with Gasteiger partial charge in [-0.1, -0.05) is 187 Å². The van der Waals surface area contributed by atoms with E-state index in [1.54, 1.807) is 0 Å². The van der Waals surface area contributed by atoms with Crippen molar-refractivity contribution in [3.63, 3.8) is 0 Å². The highest BCUT2D eigenvalue weighted by Gasteiger charge is 2.39. The number of hydrogen-bond acceptors (Lipinski definition) is 1. The van der Waals surface area contributed by atoms with Gasteiger partial charge < -0.3 is 4.90 Å². The molecule has 0 aliphatic heterocycles. The van der Waals surface area contributed by atoms with Crippen LogP contribution in [0.1, 0.15) is 74.9 Å². The van der Waals surface area contributed by atoms with Crippen molar-refractivity contribution in [3.8, 4) is 55.6 Å². The molecule has 11 rings (SSSR count). The number of anilines is 3. The predicted octanol–water partition coefficient (Wildman–Crippen LogP) is 15.4. The number of rotatable bonds is 5. The topological polar surface area (TPSA) is 3.24 Å². The van der Waals surface area contributed by atoms with E-state index in [-0.39, 0.29) is 16.2 Å². The molecule has 8 aromatic carbocycles. The number of nitrogens with zero attached hydrogens (tertiary/aromatic N) is 1. The van der Waals surface area contributed by atoms with E-state index in [2.05, 4.69) is 222 Å². The summed E-state index contributed by atoms with van der Waals surface area (Å²) >= 11 is 0. The van der Waals surface area contributed by atoms with Crippen LogP contribution in [0.15, 0.2) is 176 Å². The zero-order valence-electron chi connectivity index (χ0n) is 34.2. The van der Waals surface area contributed by atoms with Crippen LogP contribution in [0.2, 0.25) is 0 Å². The molecule has 0 heterocycles. The van der Waals surface area contributed by atoms with Crippen LogP contribution in [0.5, 0.6) is 0 Å². The molecule has 280 valence electrons. The summed E-state index contributed by atoms with van der Waals surface area (Å²) in [4.78, 5) is 2.52. The van der Waals surface area contributed by atoms with Gasteiger partial charge in [0.15, 0.2) is 0 Å². The van der Waals surface area contributed by atoms with Gasteiger partial charge in [0.1, 0.15) is 0 Å². The molecule has 58 heavy (non-hydrogen) atoms. The Kier molecular flexibility index (Phi) is 7.36. The van der Waals surface area contributed by atoms with Crippen LogP contribution in [0.4, 0.5) is 17.1 Å². The molecule has 0 bridgehead atoms. The van der Waals surface area contributed by atoms with Gasteiger partial charge in [0, 0.05) is 33.2 Å². The van der Waals surface area contributed by atoms with Crippen molar-refractivity contribution in [2.45, 2.75) is 57.8 Å². The second-order valence-corrected chi connectivity index (χ2v) is 18.1. The molecule has 0 unspecified atom stereocenters. The normalized spacial score (nSPS) is 15.5. The average molecular weight is 746 g/mol. The Morgan fingerprint density at radius 3 is 1.55 bits per heavy atom. The van der Waals surface area contributed by atoms with Crippen molar-refractivity contribution in [3.05, 3.63) is 209 Å². The second kappa shape index (κ2) is 12.3. The smallest absolute Gasteiger partial charge is 0.0540 e. The third-order valence-electron chi connectivity index (χ3n) is 13.9. The fourth-order valence-corrected chi connectivity index (χ4v) is 11.1. The van der Waals surface area contributed by atoms with Crippen LogP contribution >= 0.6 is 0 Å². The lowest BCUT2D eigenvalue weighted by Gasteiger charge is -2.30. The van der Waals surface area contributed by atoms with Crippen molar-refractivity contribution >= 4 is 17.1 Å². The van der Waals surface area contributed by atoms with Crippen LogP contribution in [-0.2, 0) is 16.2 Å². The zero-order valence-corrected chi connectivity index (χ0v) is 34.2. The van der Waals surface area contributed by atoms with Crippen molar-refractivity contribution in [2.75, 3.05) is 4.90 Å². The minimum absolute atomic E-state index is 0.0734. The summed E-state index contributed by atoms with van der Waals surface area (Å²) in [5.41, 5.74) is 24.5. The summed E-state index contributed by atoms with van der Waals surface area (Å²) < 4.78 is 0. The quantitative estimate of drug-likeness (QED) is 0.170. The maximum absolute atomic E-state index is 2.52. The molecule has 0 atom stereocenters. The van der Waals surface area contributed by atoms with Gasteiger partial charge in [0.05, 0.1) is 5.69 Å². The Bertz CT molecular complexity index is 2990. The molecule has 0 radical (unpaired) electrons. The first kappa shape index (κ1) is 34.8. The number of para-hydroxylation sites is 1. The molecule has 1 heteroatoms. The monoisotopic (exact) mass is 745 g/mol. The van der Waals surface area contributed by atoms with E-state index in [1.807, 2.05) is 0 Å². The summed E-state index contributed by atoms with van der Waals surface area (Å²) in [5, 5.41) is 0. The fourth-order valence-electron chi connectivity index (χ4n) is 11.1. The Labute approximate surface area is 343 Å². The Balaban J connectivity index is 1.15. The molecule has 0 aromatic heterocycles. The van der Waals surface area contributed by atoms with Crippen LogP contribution < -0.4 is 4.90 Å². The maximum Gasteiger partial charge on any atom is 0.0540 e. The first-order valence-corrected chi connectivity index (χ1v) is 20.8. The van der Waals surface area contributed by atoms with E-state index in [0.717, 1.165) is 17.1 Å². The zero-order chi connectivity index (χ0) is 39.6. The fraction of sp³-hybridized carbons (Fsp3) is 0.158. The van der Waals surface area contributed by atoms with Crippen LogP contribution in [0, 0.1) is 0 Å². The highest BCUT2D eigenvalue weighted by atomic mass is 15.1. The summed E-state index contributed by atoms with van der Waals surface area (Å²) in [6, 6.07) is 66.2. The molecule has 0 spiro atoms. The lowest BCUT2D eigenvalue weighted by molar-refractivity contribution is 0.660. The molecule has 0 N–H and O–H groups in total. The Hall–Kier alpha value is -6.44. The van der Waals surface area contributed by atoms with Gasteiger partial charge in [-0.2, -0.15) is 0 Å². The number of benzene rings is 8. The molecule has 3 aliphatic carbocycles. The largest absolute Gasteiger partial charge is 0.310 e. The van der Waals surface area contributed by atoms with Gasteiger partial charge in [0.2, 0.25) is 0 Å². The Morgan fingerprint density at radius 1 is 0.310 bits per heavy atom. The molecule has 0 saturated carbocycles. The highest BCUT2D eigenvalue weighted by molar-refractivity contribution is 5.99. The van der Waals surface area contributed by atoms with E-state index >= 15 is 0 Å². The summed E-state index contributed by atoms with van der Waals surface area (Å²) in [6.07, 6.45) is 0. The third kappa shape index (κ3) is 4.77. The molecule has 8 aromatic rings. The van der Waals surface area contributed by atoms with Crippen LogP contribution in [-0.4, -0.2) is 0 Å². The molecule has 0 saturated heterocycles. The third-order valence-corrected chi connectivity index (χ3v) is 13.9. The van der Waals surface area contributed by atoms with Gasteiger partial charge in [-0.15, -0.1) is 0 Å². The van der Waals surface area contributed by atoms with E-state index in [1.165, 1.54) is 89.0 Å². The molecule has 3 aliphatic rings. The van der Waals surface area contributed by atoms with E-state index in [0.29, 0.717) is 0 Å². The van der Waals surface area contributed by atoms with Crippen molar-refractivity contribution in [1.82, 2.24) is 0 Å². The lowest BCUT2D eigenvalue weighted by atomic mass is 9.79. The van der Waals surface area contributed by atoms with Gasteiger partial charge in [-0.25, -0.2) is 0 Å². The van der Waals surface area contributed by atoms with Crippen LogP contribution in [0.25, 0.3) is 55.6 Å². The summed E-state index contributed by atoms with van der Waals surface area (Å²) in [5.74, 6) is 0. The van der Waals surface area contributed by atoms with Gasteiger partial charge in [0.25, 0.3) is 0 Å². The molecular weight excluding hydrogens is 699 g/mol. The van der Waals surface area contributed by atoms with Gasteiger partial charge >= 0.3 is 0 Å². The summed E-state index contributed by atoms with van der Waals surface area (Å²) in [7, 11) is 0. The van der Waals surface area contributed by atoms with Crippen LogP contribution in [0.3, 0.4) is 0 Å². The van der Waals surface area contributed by atoms with Crippen molar-refractivity contribution in [1.29, 1.82) is 0 Å². The van der Waals surface area contributed by atoms with E-state index < -0.39 is 0 Å². The highest BCUT2D eigenvalue weighted by Crippen LogP contribution is 2.56. The number of fused-ring (bicyclic) bond motifs is 9. The molecule has 0 amide bonds. The minimum atomic E-state index is -0.122.